The zero-order chi connectivity index (χ0) is 15.6. The van der Waals surface area contributed by atoms with Crippen molar-refractivity contribution in [1.29, 1.82) is 0 Å². The summed E-state index contributed by atoms with van der Waals surface area (Å²) in [6.45, 7) is 0. The van der Waals surface area contributed by atoms with E-state index in [-0.39, 0.29) is 16.4 Å². The molecule has 1 amide bonds. The number of nitrogens with zero attached hydrogens (tertiary/aromatic N) is 1. The first kappa shape index (κ1) is 15.8. The van der Waals surface area contributed by atoms with Crippen LogP contribution in [0.5, 0.6) is 0 Å². The fourth-order valence-corrected chi connectivity index (χ4v) is 1.96. The number of nitrogens with one attached hydrogen (secondary N) is 1. The van der Waals surface area contributed by atoms with Gasteiger partial charge in [0.2, 0.25) is 0 Å². The van der Waals surface area contributed by atoms with Gasteiger partial charge in [-0.15, -0.1) is 0 Å². The van der Waals surface area contributed by atoms with Crippen LogP contribution >= 0.6 is 27.5 Å². The molecule has 1 heterocycles. The van der Waals surface area contributed by atoms with E-state index in [4.69, 9.17) is 11.6 Å². The van der Waals surface area contributed by atoms with Crippen molar-refractivity contribution in [2.75, 3.05) is 5.32 Å². The van der Waals surface area contributed by atoms with Gasteiger partial charge >= 0.3 is 6.18 Å². The van der Waals surface area contributed by atoms with Gasteiger partial charge in [0.1, 0.15) is 5.69 Å². The van der Waals surface area contributed by atoms with E-state index >= 15 is 0 Å². The minimum atomic E-state index is -4.62. The van der Waals surface area contributed by atoms with E-state index in [0.717, 1.165) is 12.1 Å². The molecule has 0 radical (unpaired) electrons. The number of benzene rings is 1. The summed E-state index contributed by atoms with van der Waals surface area (Å²) in [5, 5.41) is 2.12. The van der Waals surface area contributed by atoms with Crippen molar-refractivity contribution in [2.24, 2.45) is 0 Å². The van der Waals surface area contributed by atoms with Gasteiger partial charge in [-0.3, -0.25) is 4.79 Å². The first-order chi connectivity index (χ1) is 9.77. The first-order valence-electron chi connectivity index (χ1n) is 5.57. The van der Waals surface area contributed by atoms with E-state index < -0.39 is 17.6 Å². The van der Waals surface area contributed by atoms with Gasteiger partial charge in [0, 0.05) is 15.7 Å². The van der Waals surface area contributed by atoms with E-state index in [0.29, 0.717) is 4.47 Å². The van der Waals surface area contributed by atoms with Gasteiger partial charge in [0.25, 0.3) is 5.91 Å². The zero-order valence-electron chi connectivity index (χ0n) is 10.2. The molecule has 0 aliphatic heterocycles. The van der Waals surface area contributed by atoms with Gasteiger partial charge in [0.15, 0.2) is 0 Å². The van der Waals surface area contributed by atoms with Gasteiger partial charge < -0.3 is 5.32 Å². The predicted octanol–water partition coefficient (Wildman–Crippen LogP) is 4.77. The highest BCUT2D eigenvalue weighted by molar-refractivity contribution is 9.10. The molecule has 21 heavy (non-hydrogen) atoms. The van der Waals surface area contributed by atoms with E-state index in [2.05, 4.69) is 26.2 Å². The number of pyridine rings is 1. The lowest BCUT2D eigenvalue weighted by atomic mass is 10.1. The average Bonchev–Trinajstić information content (AvgIpc) is 2.40. The second-order valence-electron chi connectivity index (χ2n) is 4.00. The predicted molar refractivity (Wildman–Crippen MR) is 76.3 cm³/mol. The Hall–Kier alpha value is -1.60. The van der Waals surface area contributed by atoms with Crippen LogP contribution in [0.2, 0.25) is 5.02 Å². The highest BCUT2D eigenvalue weighted by atomic mass is 79.9. The molecule has 0 saturated carbocycles. The summed E-state index contributed by atoms with van der Waals surface area (Å²) in [6.07, 6.45) is -3.25. The maximum atomic E-state index is 12.9. The lowest BCUT2D eigenvalue weighted by Gasteiger charge is -2.14. The number of amides is 1. The maximum absolute atomic E-state index is 12.9. The summed E-state index contributed by atoms with van der Waals surface area (Å²) in [7, 11) is 0. The number of aromatic nitrogens is 1. The molecule has 2 aromatic rings. The summed E-state index contributed by atoms with van der Waals surface area (Å²) in [6, 6.07) is 6.08. The molecule has 1 aromatic heterocycles. The standard InChI is InChI=1S/C13H7BrClF3N2O/c14-7-1-3-11(19-6-7)12(21)20-10-4-2-8(15)5-9(10)13(16,17)18/h1-6H,(H,20,21). The van der Waals surface area contributed by atoms with Crippen molar-refractivity contribution >= 4 is 39.1 Å². The number of carbonyl (C=O) groups excluding carboxylic acids is 1. The Morgan fingerprint density at radius 2 is 1.95 bits per heavy atom. The Kier molecular flexibility index (Phi) is 4.53. The monoisotopic (exact) mass is 378 g/mol. The highest BCUT2D eigenvalue weighted by Crippen LogP contribution is 2.36. The molecular formula is C13H7BrClF3N2O. The third-order valence-corrected chi connectivity index (χ3v) is 3.20. The minimum Gasteiger partial charge on any atom is -0.320 e. The lowest BCUT2D eigenvalue weighted by Crippen LogP contribution is -2.17. The van der Waals surface area contributed by atoms with Crippen LogP contribution in [0.15, 0.2) is 41.0 Å². The molecule has 3 nitrogen and oxygen atoms in total. The molecule has 0 atom stereocenters. The molecule has 0 saturated heterocycles. The Morgan fingerprint density at radius 1 is 1.24 bits per heavy atom. The van der Waals surface area contributed by atoms with E-state index in [9.17, 15) is 18.0 Å². The SMILES string of the molecule is O=C(Nc1ccc(Cl)cc1C(F)(F)F)c1ccc(Br)cn1. The smallest absolute Gasteiger partial charge is 0.320 e. The van der Waals surface area contributed by atoms with Crippen LogP contribution in [-0.4, -0.2) is 10.9 Å². The van der Waals surface area contributed by atoms with Crippen molar-refractivity contribution in [3.63, 3.8) is 0 Å². The van der Waals surface area contributed by atoms with Gasteiger partial charge in [-0.2, -0.15) is 13.2 Å². The molecule has 0 spiro atoms. The molecule has 110 valence electrons. The van der Waals surface area contributed by atoms with E-state index in [1.165, 1.54) is 18.3 Å². The van der Waals surface area contributed by atoms with Crippen LogP contribution in [0.25, 0.3) is 0 Å². The highest BCUT2D eigenvalue weighted by Gasteiger charge is 2.34. The van der Waals surface area contributed by atoms with Crippen LogP contribution < -0.4 is 5.32 Å². The van der Waals surface area contributed by atoms with E-state index in [1.807, 2.05) is 0 Å². The molecule has 8 heteroatoms. The Bertz CT molecular complexity index is 674. The molecular weight excluding hydrogens is 373 g/mol. The average molecular weight is 380 g/mol. The Morgan fingerprint density at radius 3 is 2.52 bits per heavy atom. The topological polar surface area (TPSA) is 42.0 Å². The molecule has 0 aliphatic carbocycles. The van der Waals surface area contributed by atoms with Crippen LogP contribution in [-0.2, 0) is 6.18 Å². The quantitative estimate of drug-likeness (QED) is 0.817. The van der Waals surface area contributed by atoms with Crippen molar-refractivity contribution < 1.29 is 18.0 Å². The number of halogens is 5. The van der Waals surface area contributed by atoms with Crippen molar-refractivity contribution in [3.05, 3.63) is 57.3 Å². The van der Waals surface area contributed by atoms with E-state index in [1.54, 1.807) is 6.07 Å². The number of hydrogen-bond donors (Lipinski definition) is 1. The second kappa shape index (κ2) is 6.03. The molecule has 0 aliphatic rings. The normalized spacial score (nSPS) is 11.3. The number of alkyl halides is 3. The fraction of sp³-hybridized carbons (Fsp3) is 0.0769. The summed E-state index contributed by atoms with van der Waals surface area (Å²) in [5.74, 6) is -0.740. The summed E-state index contributed by atoms with van der Waals surface area (Å²) in [4.78, 5) is 15.7. The van der Waals surface area contributed by atoms with Crippen LogP contribution in [0.3, 0.4) is 0 Å². The van der Waals surface area contributed by atoms with Gasteiger partial charge in [-0.05, 0) is 46.3 Å². The Labute approximate surface area is 131 Å². The van der Waals surface area contributed by atoms with Crippen molar-refractivity contribution in [3.8, 4) is 0 Å². The fourth-order valence-electron chi connectivity index (χ4n) is 1.56. The zero-order valence-corrected chi connectivity index (χ0v) is 12.6. The van der Waals surface area contributed by atoms with Crippen LogP contribution in [0.1, 0.15) is 16.1 Å². The molecule has 1 aromatic carbocycles. The third kappa shape index (κ3) is 3.95. The number of rotatable bonds is 2. The van der Waals surface area contributed by atoms with Crippen molar-refractivity contribution in [1.82, 2.24) is 4.98 Å². The van der Waals surface area contributed by atoms with Crippen LogP contribution in [0.4, 0.5) is 18.9 Å². The molecule has 0 unspecified atom stereocenters. The van der Waals surface area contributed by atoms with Gasteiger partial charge in [-0.25, -0.2) is 4.98 Å². The second-order valence-corrected chi connectivity index (χ2v) is 5.36. The lowest BCUT2D eigenvalue weighted by molar-refractivity contribution is -0.136. The van der Waals surface area contributed by atoms with Crippen LogP contribution in [0, 0.1) is 0 Å². The molecule has 1 N–H and O–H groups in total. The number of carbonyl (C=O) groups is 1. The Balaban J connectivity index is 2.31. The summed E-state index contributed by atoms with van der Waals surface area (Å²) in [5.41, 5.74) is -1.39. The molecule has 0 bridgehead atoms. The minimum absolute atomic E-state index is 0.00118. The number of anilines is 1. The first-order valence-corrected chi connectivity index (χ1v) is 6.74. The summed E-state index contributed by atoms with van der Waals surface area (Å²) >= 11 is 8.71. The number of hydrogen-bond acceptors (Lipinski definition) is 2. The third-order valence-electron chi connectivity index (χ3n) is 2.50. The largest absolute Gasteiger partial charge is 0.418 e. The van der Waals surface area contributed by atoms with Gasteiger partial charge in [0.05, 0.1) is 11.3 Å². The molecule has 0 fully saturated rings. The van der Waals surface area contributed by atoms with Gasteiger partial charge in [-0.1, -0.05) is 11.6 Å². The van der Waals surface area contributed by atoms with Crippen molar-refractivity contribution in [2.45, 2.75) is 6.18 Å². The molecule has 2 rings (SSSR count). The summed E-state index contributed by atoms with van der Waals surface area (Å²) < 4.78 is 39.4. The maximum Gasteiger partial charge on any atom is 0.418 e.